The molecule has 18 heavy (non-hydrogen) atoms. The van der Waals surface area contributed by atoms with E-state index in [2.05, 4.69) is 5.32 Å². The fraction of sp³-hybridized carbons (Fsp3) is 0.533. The zero-order valence-corrected chi connectivity index (χ0v) is 10.9. The molecule has 1 aliphatic carbocycles. The molecule has 3 heteroatoms. The van der Waals surface area contributed by atoms with Crippen LogP contribution in [-0.4, -0.2) is 17.6 Å². The van der Waals surface area contributed by atoms with E-state index >= 15 is 0 Å². The molecular formula is C15H21NO2. The molecule has 1 aliphatic rings. The summed E-state index contributed by atoms with van der Waals surface area (Å²) in [4.78, 5) is 11.8. The van der Waals surface area contributed by atoms with Crippen molar-refractivity contribution in [3.8, 4) is 0 Å². The smallest absolute Gasteiger partial charge is 0.223 e. The molecule has 3 nitrogen and oxygen atoms in total. The van der Waals surface area contributed by atoms with E-state index < -0.39 is 6.10 Å². The minimum Gasteiger partial charge on any atom is -0.387 e. The van der Waals surface area contributed by atoms with Crippen molar-refractivity contribution in [3.63, 3.8) is 0 Å². The van der Waals surface area contributed by atoms with Crippen molar-refractivity contribution in [3.05, 3.63) is 35.4 Å². The topological polar surface area (TPSA) is 49.3 Å². The number of nitrogens with one attached hydrogen (secondary N) is 1. The molecule has 1 aromatic rings. The number of aliphatic hydroxyl groups excluding tert-OH is 1. The lowest BCUT2D eigenvalue weighted by molar-refractivity contribution is -0.125. The Morgan fingerprint density at radius 1 is 1.33 bits per heavy atom. The van der Waals surface area contributed by atoms with Crippen molar-refractivity contribution in [1.82, 2.24) is 5.32 Å². The van der Waals surface area contributed by atoms with Crippen LogP contribution >= 0.6 is 0 Å². The van der Waals surface area contributed by atoms with Crippen LogP contribution in [0.4, 0.5) is 0 Å². The summed E-state index contributed by atoms with van der Waals surface area (Å²) < 4.78 is 0. The Morgan fingerprint density at radius 2 is 1.94 bits per heavy atom. The van der Waals surface area contributed by atoms with Crippen LogP contribution in [0.5, 0.6) is 0 Å². The lowest BCUT2D eigenvalue weighted by Crippen LogP contribution is -2.32. The minimum absolute atomic E-state index is 0.0960. The Morgan fingerprint density at radius 3 is 2.56 bits per heavy atom. The second kappa shape index (κ2) is 6.01. The first kappa shape index (κ1) is 13.1. The number of hydrogen-bond acceptors (Lipinski definition) is 2. The second-order valence-corrected chi connectivity index (χ2v) is 5.15. The third-order valence-electron chi connectivity index (χ3n) is 3.66. The number of hydrogen-bond donors (Lipinski definition) is 2. The summed E-state index contributed by atoms with van der Waals surface area (Å²) >= 11 is 0. The predicted molar refractivity (Wildman–Crippen MR) is 71.1 cm³/mol. The fourth-order valence-electron chi connectivity index (χ4n) is 2.44. The summed E-state index contributed by atoms with van der Waals surface area (Å²) in [6.07, 6.45) is 3.67. The van der Waals surface area contributed by atoms with Gasteiger partial charge in [-0.1, -0.05) is 42.7 Å². The van der Waals surface area contributed by atoms with Gasteiger partial charge in [0.15, 0.2) is 0 Å². The molecule has 0 aromatic heterocycles. The van der Waals surface area contributed by atoms with Gasteiger partial charge in [-0.25, -0.2) is 0 Å². The summed E-state index contributed by atoms with van der Waals surface area (Å²) in [6, 6.07) is 7.75. The zero-order chi connectivity index (χ0) is 13.0. The molecule has 1 unspecified atom stereocenters. The molecule has 1 atom stereocenters. The summed E-state index contributed by atoms with van der Waals surface area (Å²) in [6.45, 7) is 2.32. The summed E-state index contributed by atoms with van der Waals surface area (Å²) in [5, 5.41) is 12.8. The van der Waals surface area contributed by atoms with Gasteiger partial charge in [-0.2, -0.15) is 0 Å². The first-order valence-electron chi connectivity index (χ1n) is 6.69. The molecule has 2 N–H and O–H groups in total. The molecule has 1 fully saturated rings. The molecule has 2 rings (SSSR count). The van der Waals surface area contributed by atoms with Crippen LogP contribution in [0, 0.1) is 12.8 Å². The lowest BCUT2D eigenvalue weighted by Gasteiger charge is -2.15. The number of benzene rings is 1. The SMILES string of the molecule is Cc1ccc(C(O)CNC(=O)C2CCCC2)cc1. The highest BCUT2D eigenvalue weighted by atomic mass is 16.3. The van der Waals surface area contributed by atoms with Gasteiger partial charge < -0.3 is 10.4 Å². The molecule has 0 saturated heterocycles. The van der Waals surface area contributed by atoms with Gasteiger partial charge in [0.2, 0.25) is 5.91 Å². The van der Waals surface area contributed by atoms with Crippen LogP contribution in [0.2, 0.25) is 0 Å². The second-order valence-electron chi connectivity index (χ2n) is 5.15. The van der Waals surface area contributed by atoms with Crippen LogP contribution in [0.15, 0.2) is 24.3 Å². The summed E-state index contributed by atoms with van der Waals surface area (Å²) in [7, 11) is 0. The number of rotatable bonds is 4. The quantitative estimate of drug-likeness (QED) is 0.858. The number of carbonyl (C=O) groups is 1. The number of aryl methyl sites for hydroxylation is 1. The van der Waals surface area contributed by atoms with E-state index in [0.717, 1.165) is 31.2 Å². The van der Waals surface area contributed by atoms with Gasteiger partial charge in [0.05, 0.1) is 6.10 Å². The van der Waals surface area contributed by atoms with E-state index in [0.29, 0.717) is 6.54 Å². The average Bonchev–Trinajstić information content (AvgIpc) is 2.90. The van der Waals surface area contributed by atoms with Crippen molar-refractivity contribution < 1.29 is 9.90 Å². The fourth-order valence-corrected chi connectivity index (χ4v) is 2.44. The summed E-state index contributed by atoms with van der Waals surface area (Å²) in [5.41, 5.74) is 2.02. The van der Waals surface area contributed by atoms with Crippen LogP contribution in [0.1, 0.15) is 42.9 Å². The van der Waals surface area contributed by atoms with E-state index in [-0.39, 0.29) is 11.8 Å². The Labute approximate surface area is 108 Å². The Kier molecular flexibility index (Phi) is 4.37. The average molecular weight is 247 g/mol. The normalized spacial score (nSPS) is 17.7. The molecular weight excluding hydrogens is 226 g/mol. The van der Waals surface area contributed by atoms with Crippen LogP contribution < -0.4 is 5.32 Å². The Balaban J connectivity index is 1.82. The van der Waals surface area contributed by atoms with Gasteiger partial charge in [0.25, 0.3) is 0 Å². The first-order valence-corrected chi connectivity index (χ1v) is 6.69. The Bertz CT molecular complexity index is 393. The van der Waals surface area contributed by atoms with Crippen molar-refractivity contribution in [1.29, 1.82) is 0 Å². The Hall–Kier alpha value is -1.35. The van der Waals surface area contributed by atoms with Gasteiger partial charge in [-0.15, -0.1) is 0 Å². The monoisotopic (exact) mass is 247 g/mol. The van der Waals surface area contributed by atoms with Gasteiger partial charge in [-0.3, -0.25) is 4.79 Å². The molecule has 1 amide bonds. The van der Waals surface area contributed by atoms with E-state index in [1.165, 1.54) is 5.56 Å². The van der Waals surface area contributed by atoms with Crippen molar-refractivity contribution in [2.45, 2.75) is 38.7 Å². The largest absolute Gasteiger partial charge is 0.387 e. The maximum Gasteiger partial charge on any atom is 0.223 e. The van der Waals surface area contributed by atoms with Gasteiger partial charge in [0.1, 0.15) is 0 Å². The van der Waals surface area contributed by atoms with Crippen LogP contribution in [0.3, 0.4) is 0 Å². The highest BCUT2D eigenvalue weighted by Crippen LogP contribution is 2.24. The van der Waals surface area contributed by atoms with Crippen molar-refractivity contribution >= 4 is 5.91 Å². The van der Waals surface area contributed by atoms with Crippen LogP contribution in [0.25, 0.3) is 0 Å². The number of aliphatic hydroxyl groups is 1. The van der Waals surface area contributed by atoms with E-state index in [1.54, 1.807) is 0 Å². The molecule has 0 spiro atoms. The number of carbonyl (C=O) groups excluding carboxylic acids is 1. The van der Waals surface area contributed by atoms with Gasteiger partial charge in [-0.05, 0) is 25.3 Å². The standard InChI is InChI=1S/C15H21NO2/c1-11-6-8-12(9-7-11)14(17)10-16-15(18)13-4-2-3-5-13/h6-9,13-14,17H,2-5,10H2,1H3,(H,16,18). The van der Waals surface area contributed by atoms with Gasteiger partial charge in [0, 0.05) is 12.5 Å². The zero-order valence-electron chi connectivity index (χ0n) is 10.9. The van der Waals surface area contributed by atoms with Gasteiger partial charge >= 0.3 is 0 Å². The molecule has 0 radical (unpaired) electrons. The molecule has 0 heterocycles. The maximum absolute atomic E-state index is 11.8. The first-order chi connectivity index (χ1) is 8.66. The van der Waals surface area contributed by atoms with Crippen molar-refractivity contribution in [2.24, 2.45) is 5.92 Å². The van der Waals surface area contributed by atoms with E-state index in [9.17, 15) is 9.90 Å². The third kappa shape index (κ3) is 3.33. The predicted octanol–water partition coefficient (Wildman–Crippen LogP) is 2.33. The third-order valence-corrected chi connectivity index (χ3v) is 3.66. The minimum atomic E-state index is -0.615. The summed E-state index contributed by atoms with van der Waals surface area (Å²) in [5.74, 6) is 0.258. The van der Waals surface area contributed by atoms with E-state index in [4.69, 9.17) is 0 Å². The van der Waals surface area contributed by atoms with E-state index in [1.807, 2.05) is 31.2 Å². The molecule has 0 bridgehead atoms. The highest BCUT2D eigenvalue weighted by Gasteiger charge is 2.22. The maximum atomic E-state index is 11.8. The van der Waals surface area contributed by atoms with Crippen molar-refractivity contribution in [2.75, 3.05) is 6.54 Å². The molecule has 1 saturated carbocycles. The van der Waals surface area contributed by atoms with Crippen LogP contribution in [-0.2, 0) is 4.79 Å². The highest BCUT2D eigenvalue weighted by molar-refractivity contribution is 5.78. The molecule has 0 aliphatic heterocycles. The number of amides is 1. The molecule has 1 aromatic carbocycles. The molecule has 98 valence electrons. The lowest BCUT2D eigenvalue weighted by atomic mass is 10.1.